The van der Waals surface area contributed by atoms with Gasteiger partial charge in [0.2, 0.25) is 5.91 Å². The van der Waals surface area contributed by atoms with E-state index in [1.54, 1.807) is 0 Å². The van der Waals surface area contributed by atoms with Gasteiger partial charge in [-0.25, -0.2) is 0 Å². The van der Waals surface area contributed by atoms with Crippen LogP contribution >= 0.6 is 0 Å². The van der Waals surface area contributed by atoms with Crippen molar-refractivity contribution in [3.8, 4) is 11.1 Å². The highest BCUT2D eigenvalue weighted by Crippen LogP contribution is 2.22. The Balaban J connectivity index is 1.79. The van der Waals surface area contributed by atoms with Gasteiger partial charge in [-0.15, -0.1) is 0 Å². The predicted molar refractivity (Wildman–Crippen MR) is 125 cm³/mol. The van der Waals surface area contributed by atoms with E-state index in [0.29, 0.717) is 18.9 Å². The van der Waals surface area contributed by atoms with Gasteiger partial charge in [-0.1, -0.05) is 81.8 Å². The number of hydrogen-bond acceptors (Lipinski definition) is 3. The van der Waals surface area contributed by atoms with Crippen molar-refractivity contribution in [3.05, 3.63) is 60.2 Å². The van der Waals surface area contributed by atoms with Gasteiger partial charge in [0.25, 0.3) is 0 Å². The average molecular weight is 411 g/mol. The van der Waals surface area contributed by atoms with E-state index in [0.717, 1.165) is 25.7 Å². The van der Waals surface area contributed by atoms with Crippen LogP contribution in [0.4, 0.5) is 0 Å². The van der Waals surface area contributed by atoms with Crippen molar-refractivity contribution in [2.45, 2.75) is 65.0 Å². The Morgan fingerprint density at radius 2 is 1.63 bits per heavy atom. The summed E-state index contributed by atoms with van der Waals surface area (Å²) in [5, 5.41) is 13.4. The molecule has 0 aliphatic carbocycles. The molecule has 0 aliphatic rings. The molecule has 1 amide bonds. The maximum atomic E-state index is 12.1. The predicted octanol–water partition coefficient (Wildman–Crippen LogP) is 4.55. The molecule has 0 aromatic heterocycles. The second kappa shape index (κ2) is 12.5. The summed E-state index contributed by atoms with van der Waals surface area (Å²) >= 11 is 0. The molecule has 4 nitrogen and oxygen atoms in total. The lowest BCUT2D eigenvalue weighted by Crippen LogP contribution is -2.40. The minimum Gasteiger partial charge on any atom is -0.391 e. The highest BCUT2D eigenvalue weighted by Gasteiger charge is 2.23. The van der Waals surface area contributed by atoms with Gasteiger partial charge >= 0.3 is 0 Å². The van der Waals surface area contributed by atoms with Crippen molar-refractivity contribution < 1.29 is 9.90 Å². The topological polar surface area (TPSA) is 75.3 Å². The average Bonchev–Trinajstić information content (AvgIpc) is 2.74. The molecule has 2 aromatic carbocycles. The van der Waals surface area contributed by atoms with Crippen LogP contribution in [0.3, 0.4) is 0 Å². The zero-order chi connectivity index (χ0) is 21.9. The fraction of sp³-hybridized carbons (Fsp3) is 0.500. The van der Waals surface area contributed by atoms with Crippen LogP contribution in [0.15, 0.2) is 54.6 Å². The Labute approximate surface area is 181 Å². The van der Waals surface area contributed by atoms with Crippen molar-refractivity contribution in [2.75, 3.05) is 6.54 Å². The second-order valence-electron chi connectivity index (χ2n) is 8.62. The maximum Gasteiger partial charge on any atom is 0.222 e. The molecule has 2 rings (SSSR count). The van der Waals surface area contributed by atoms with Crippen LogP contribution in [0.25, 0.3) is 11.1 Å². The minimum atomic E-state index is -0.667. The van der Waals surface area contributed by atoms with E-state index in [9.17, 15) is 9.90 Å². The standard InChI is InChI=1S/C26H38N2O2/c1-4-5-15-28-26(30)20(3)18-25(29)24(27)17-19(2)16-21-11-13-23(14-12-21)22-9-7-6-8-10-22/h6-14,19-20,24-25,29H,4-5,15-18,27H2,1-3H3,(H,28,30)/t19-,20?,24-,25-/m0/s1. The maximum absolute atomic E-state index is 12.1. The molecule has 164 valence electrons. The minimum absolute atomic E-state index is 0.00116. The largest absolute Gasteiger partial charge is 0.391 e. The monoisotopic (exact) mass is 410 g/mol. The van der Waals surface area contributed by atoms with Crippen molar-refractivity contribution in [1.29, 1.82) is 0 Å². The molecule has 4 atom stereocenters. The molecule has 2 aromatic rings. The van der Waals surface area contributed by atoms with E-state index < -0.39 is 6.10 Å². The van der Waals surface area contributed by atoms with Gasteiger partial charge in [0.05, 0.1) is 6.10 Å². The van der Waals surface area contributed by atoms with Gasteiger partial charge in [0.1, 0.15) is 0 Å². The van der Waals surface area contributed by atoms with Crippen molar-refractivity contribution in [3.63, 3.8) is 0 Å². The van der Waals surface area contributed by atoms with Crippen LogP contribution in [-0.4, -0.2) is 29.7 Å². The summed E-state index contributed by atoms with van der Waals surface area (Å²) in [5.41, 5.74) is 9.96. The van der Waals surface area contributed by atoms with Crippen LogP contribution in [0.2, 0.25) is 0 Å². The molecule has 0 saturated carbocycles. The lowest BCUT2D eigenvalue weighted by Gasteiger charge is -2.24. The lowest BCUT2D eigenvalue weighted by molar-refractivity contribution is -0.125. The first-order chi connectivity index (χ1) is 14.4. The number of unbranched alkanes of at least 4 members (excludes halogenated alkanes) is 1. The highest BCUT2D eigenvalue weighted by molar-refractivity contribution is 5.78. The van der Waals surface area contributed by atoms with Crippen molar-refractivity contribution >= 4 is 5.91 Å². The third-order valence-corrected chi connectivity index (χ3v) is 5.69. The Bertz CT molecular complexity index is 745. The van der Waals surface area contributed by atoms with E-state index in [1.165, 1.54) is 16.7 Å². The third kappa shape index (κ3) is 7.92. The Kier molecular flexibility index (Phi) is 10.0. The van der Waals surface area contributed by atoms with Gasteiger partial charge in [-0.05, 0) is 48.3 Å². The van der Waals surface area contributed by atoms with Gasteiger partial charge in [0.15, 0.2) is 0 Å². The van der Waals surface area contributed by atoms with E-state index in [4.69, 9.17) is 5.73 Å². The second-order valence-corrected chi connectivity index (χ2v) is 8.62. The highest BCUT2D eigenvalue weighted by atomic mass is 16.3. The normalized spacial score (nSPS) is 15.2. The van der Waals surface area contributed by atoms with E-state index >= 15 is 0 Å². The number of aliphatic hydroxyl groups is 1. The summed E-state index contributed by atoms with van der Waals surface area (Å²) in [7, 11) is 0. The molecule has 4 heteroatoms. The number of carbonyl (C=O) groups is 1. The van der Waals surface area contributed by atoms with Crippen molar-refractivity contribution in [2.24, 2.45) is 17.6 Å². The lowest BCUT2D eigenvalue weighted by atomic mass is 9.89. The molecule has 4 N–H and O–H groups in total. The van der Waals surface area contributed by atoms with E-state index in [1.807, 2.05) is 25.1 Å². The summed E-state index contributed by atoms with van der Waals surface area (Å²) < 4.78 is 0. The molecule has 0 bridgehead atoms. The van der Waals surface area contributed by atoms with Crippen LogP contribution in [0.5, 0.6) is 0 Å². The molecule has 0 fully saturated rings. The quantitative estimate of drug-likeness (QED) is 0.449. The summed E-state index contributed by atoms with van der Waals surface area (Å²) in [6.45, 7) is 6.81. The summed E-state index contributed by atoms with van der Waals surface area (Å²) in [5.74, 6) is 0.121. The molecular weight excluding hydrogens is 372 g/mol. The number of benzene rings is 2. The number of hydrogen-bond donors (Lipinski definition) is 3. The van der Waals surface area contributed by atoms with Gasteiger partial charge in [-0.2, -0.15) is 0 Å². The molecule has 0 saturated heterocycles. The van der Waals surface area contributed by atoms with Crippen LogP contribution in [0, 0.1) is 11.8 Å². The molecule has 0 heterocycles. The number of aliphatic hydroxyl groups excluding tert-OH is 1. The molecule has 0 aliphatic heterocycles. The first kappa shape index (κ1) is 24.1. The number of carbonyl (C=O) groups excluding carboxylic acids is 1. The molecule has 0 spiro atoms. The number of amides is 1. The number of rotatable bonds is 12. The van der Waals surface area contributed by atoms with Crippen LogP contribution in [0.1, 0.15) is 52.0 Å². The zero-order valence-corrected chi connectivity index (χ0v) is 18.7. The van der Waals surface area contributed by atoms with Gasteiger partial charge in [0, 0.05) is 18.5 Å². The SMILES string of the molecule is CCCCNC(=O)C(C)C[C@H](O)[C@@H](N)C[C@@H](C)Cc1ccc(-c2ccccc2)cc1. The summed E-state index contributed by atoms with van der Waals surface area (Å²) in [6, 6.07) is 18.7. The number of nitrogens with one attached hydrogen (secondary N) is 1. The first-order valence-electron chi connectivity index (χ1n) is 11.3. The number of nitrogens with two attached hydrogens (primary N) is 1. The smallest absolute Gasteiger partial charge is 0.222 e. The Morgan fingerprint density at radius 1 is 1.00 bits per heavy atom. The molecule has 30 heavy (non-hydrogen) atoms. The Hall–Kier alpha value is -2.17. The first-order valence-corrected chi connectivity index (χ1v) is 11.3. The molecular formula is C26H38N2O2. The van der Waals surface area contributed by atoms with Gasteiger partial charge < -0.3 is 16.2 Å². The van der Waals surface area contributed by atoms with Crippen molar-refractivity contribution in [1.82, 2.24) is 5.32 Å². The Morgan fingerprint density at radius 3 is 2.27 bits per heavy atom. The van der Waals surface area contributed by atoms with E-state index in [2.05, 4.69) is 55.6 Å². The summed E-state index contributed by atoms with van der Waals surface area (Å²) in [6.07, 6.45) is 3.41. The molecule has 1 unspecified atom stereocenters. The third-order valence-electron chi connectivity index (χ3n) is 5.69. The van der Waals surface area contributed by atoms with Gasteiger partial charge in [-0.3, -0.25) is 4.79 Å². The zero-order valence-electron chi connectivity index (χ0n) is 18.7. The van der Waals surface area contributed by atoms with Crippen LogP contribution in [-0.2, 0) is 11.2 Å². The molecule has 0 radical (unpaired) electrons. The fourth-order valence-electron chi connectivity index (χ4n) is 3.78. The van der Waals surface area contributed by atoms with Crippen LogP contribution < -0.4 is 11.1 Å². The summed E-state index contributed by atoms with van der Waals surface area (Å²) in [4.78, 5) is 12.1. The van der Waals surface area contributed by atoms with E-state index in [-0.39, 0.29) is 17.9 Å². The fourth-order valence-corrected chi connectivity index (χ4v) is 3.78.